The summed E-state index contributed by atoms with van der Waals surface area (Å²) >= 11 is 0. The first-order valence-electron chi connectivity index (χ1n) is 7.38. The molecular weight excluding hydrogens is 342 g/mol. The lowest BCUT2D eigenvalue weighted by Gasteiger charge is -2.00. The average molecular weight is 357 g/mol. The third-order valence-electron chi connectivity index (χ3n) is 3.63. The number of para-hydroxylation sites is 1. The molecule has 2 aromatic carbocycles. The molecule has 0 aliphatic heterocycles. The Labute approximate surface area is 144 Å². The van der Waals surface area contributed by atoms with Crippen molar-refractivity contribution < 1.29 is 18.3 Å². The minimum atomic E-state index is -3.27. The van der Waals surface area contributed by atoms with Crippen LogP contribution in [0.15, 0.2) is 63.7 Å². The van der Waals surface area contributed by atoms with Crippen molar-refractivity contribution in [3.8, 4) is 5.88 Å². The molecule has 0 unspecified atom stereocenters. The fourth-order valence-corrected chi connectivity index (χ4v) is 3.01. The summed E-state index contributed by atoms with van der Waals surface area (Å²) in [5.41, 5.74) is 1.52. The van der Waals surface area contributed by atoms with Crippen molar-refractivity contribution in [1.82, 2.24) is 4.98 Å². The largest absolute Gasteiger partial charge is 0.493 e. The number of sulfone groups is 1. The second-order valence-electron chi connectivity index (χ2n) is 5.55. The summed E-state index contributed by atoms with van der Waals surface area (Å²) < 4.78 is 22.8. The molecule has 0 radical (unpaired) electrons. The van der Waals surface area contributed by atoms with Crippen LogP contribution in [0.4, 0.5) is 5.69 Å². The van der Waals surface area contributed by atoms with Gasteiger partial charge in [0.2, 0.25) is 5.88 Å². The van der Waals surface area contributed by atoms with Gasteiger partial charge < -0.3 is 10.1 Å². The van der Waals surface area contributed by atoms with Gasteiger partial charge in [0.1, 0.15) is 0 Å². The number of hydrogen-bond donors (Lipinski definition) is 2. The molecule has 3 aromatic rings. The van der Waals surface area contributed by atoms with Gasteiger partial charge in [-0.3, -0.25) is 4.79 Å². The Kier molecular flexibility index (Phi) is 4.37. The summed E-state index contributed by atoms with van der Waals surface area (Å²) in [6, 6.07) is 13.2. The van der Waals surface area contributed by atoms with Gasteiger partial charge in [-0.05, 0) is 23.8 Å². The first-order valence-corrected chi connectivity index (χ1v) is 9.27. The van der Waals surface area contributed by atoms with Gasteiger partial charge in [0.25, 0.3) is 5.91 Å². The summed E-state index contributed by atoms with van der Waals surface area (Å²) in [5, 5.41) is 18.0. The fraction of sp³-hybridized carbons (Fsp3) is 0.118. The van der Waals surface area contributed by atoms with Crippen LogP contribution in [0.2, 0.25) is 0 Å². The van der Waals surface area contributed by atoms with Crippen molar-refractivity contribution in [1.29, 1.82) is 0 Å². The Balaban J connectivity index is 1.76. The van der Waals surface area contributed by atoms with Crippen LogP contribution in [0.3, 0.4) is 0 Å². The van der Waals surface area contributed by atoms with Crippen LogP contribution in [-0.2, 0) is 21.1 Å². The molecule has 0 saturated heterocycles. The maximum absolute atomic E-state index is 12.0. The Morgan fingerprint density at radius 2 is 1.80 bits per heavy atom. The Bertz CT molecular complexity index is 1070. The highest BCUT2D eigenvalue weighted by molar-refractivity contribution is 7.90. The Morgan fingerprint density at radius 1 is 1.12 bits per heavy atom. The maximum Gasteiger partial charge on any atom is 0.269 e. The van der Waals surface area contributed by atoms with E-state index >= 15 is 0 Å². The van der Waals surface area contributed by atoms with Crippen molar-refractivity contribution in [2.24, 2.45) is 10.2 Å². The topological polar surface area (TPSA) is 112 Å². The lowest BCUT2D eigenvalue weighted by atomic mass is 10.1. The van der Waals surface area contributed by atoms with Gasteiger partial charge in [-0.25, -0.2) is 8.42 Å². The van der Waals surface area contributed by atoms with Gasteiger partial charge in [-0.1, -0.05) is 30.3 Å². The number of carbonyl (C=O) groups excluding carboxylic acids is 1. The first kappa shape index (κ1) is 16.8. The van der Waals surface area contributed by atoms with E-state index in [9.17, 15) is 18.3 Å². The monoisotopic (exact) mass is 357 g/mol. The fourth-order valence-electron chi connectivity index (χ4n) is 2.38. The van der Waals surface area contributed by atoms with Gasteiger partial charge in [0, 0.05) is 11.6 Å². The predicted molar refractivity (Wildman–Crippen MR) is 92.7 cm³/mol. The third-order valence-corrected chi connectivity index (χ3v) is 4.76. The number of rotatable bonds is 4. The van der Waals surface area contributed by atoms with E-state index in [2.05, 4.69) is 15.2 Å². The SMILES string of the molecule is CS(=O)(=O)c1ccc(CC(=O)N=Nc2c(O)[nH]c3ccccc23)cc1. The van der Waals surface area contributed by atoms with Gasteiger partial charge in [-0.15, -0.1) is 10.2 Å². The molecule has 0 spiro atoms. The molecule has 0 bridgehead atoms. The van der Waals surface area contributed by atoms with E-state index in [1.54, 1.807) is 30.3 Å². The molecular formula is C17H15N3O4S. The number of aromatic hydroxyl groups is 1. The second-order valence-corrected chi connectivity index (χ2v) is 7.57. The lowest BCUT2D eigenvalue weighted by Crippen LogP contribution is -2.00. The van der Waals surface area contributed by atoms with E-state index in [1.807, 2.05) is 6.07 Å². The number of azo groups is 1. The van der Waals surface area contributed by atoms with Crippen molar-refractivity contribution >= 4 is 32.3 Å². The van der Waals surface area contributed by atoms with E-state index in [4.69, 9.17) is 0 Å². The number of carbonyl (C=O) groups is 1. The predicted octanol–water partition coefficient (Wildman–Crippen LogP) is 3.13. The highest BCUT2D eigenvalue weighted by atomic mass is 32.2. The molecule has 128 valence electrons. The molecule has 0 aliphatic carbocycles. The van der Waals surface area contributed by atoms with Gasteiger partial charge in [0.05, 0.1) is 16.8 Å². The molecule has 0 aliphatic rings. The van der Waals surface area contributed by atoms with Crippen LogP contribution in [0.25, 0.3) is 10.9 Å². The van der Waals surface area contributed by atoms with Crippen molar-refractivity contribution in [3.63, 3.8) is 0 Å². The second kappa shape index (κ2) is 6.48. The summed E-state index contributed by atoms with van der Waals surface area (Å²) in [5.74, 6) is -0.660. The van der Waals surface area contributed by atoms with Gasteiger partial charge in [0.15, 0.2) is 15.5 Å². The van der Waals surface area contributed by atoms with Crippen molar-refractivity contribution in [2.45, 2.75) is 11.3 Å². The molecule has 25 heavy (non-hydrogen) atoms. The van der Waals surface area contributed by atoms with Gasteiger partial charge in [-0.2, -0.15) is 0 Å². The quantitative estimate of drug-likeness (QED) is 0.699. The lowest BCUT2D eigenvalue weighted by molar-refractivity contribution is -0.117. The summed E-state index contributed by atoms with van der Waals surface area (Å²) in [6.45, 7) is 0. The number of aromatic amines is 1. The Morgan fingerprint density at radius 3 is 2.48 bits per heavy atom. The first-order chi connectivity index (χ1) is 11.8. The van der Waals surface area contributed by atoms with E-state index in [0.717, 1.165) is 6.26 Å². The number of hydrogen-bond acceptors (Lipinski definition) is 5. The maximum atomic E-state index is 12.0. The van der Waals surface area contributed by atoms with Crippen molar-refractivity contribution in [3.05, 3.63) is 54.1 Å². The molecule has 2 N–H and O–H groups in total. The van der Waals surface area contributed by atoms with Crippen LogP contribution in [-0.4, -0.2) is 30.7 Å². The molecule has 8 heteroatoms. The van der Waals surface area contributed by atoms with Crippen LogP contribution >= 0.6 is 0 Å². The standard InChI is InChI=1S/C17H15N3O4S/c1-25(23,24)12-8-6-11(7-9-12)10-15(21)19-20-16-13-4-2-3-5-14(13)18-17(16)22/h2-9,18,22H,10H2,1H3. The zero-order valence-corrected chi connectivity index (χ0v) is 14.1. The van der Waals surface area contributed by atoms with Crippen LogP contribution in [0, 0.1) is 0 Å². The van der Waals surface area contributed by atoms with Crippen LogP contribution < -0.4 is 0 Å². The molecule has 3 rings (SSSR count). The van der Waals surface area contributed by atoms with E-state index < -0.39 is 15.7 Å². The van der Waals surface area contributed by atoms with Gasteiger partial charge >= 0.3 is 0 Å². The zero-order chi connectivity index (χ0) is 18.0. The minimum Gasteiger partial charge on any atom is -0.493 e. The summed E-state index contributed by atoms with van der Waals surface area (Å²) in [7, 11) is -3.27. The number of fused-ring (bicyclic) bond motifs is 1. The molecule has 0 saturated carbocycles. The molecule has 7 nitrogen and oxygen atoms in total. The summed E-state index contributed by atoms with van der Waals surface area (Å²) in [6.07, 6.45) is 1.10. The number of benzene rings is 2. The van der Waals surface area contributed by atoms with E-state index in [1.165, 1.54) is 12.1 Å². The van der Waals surface area contributed by atoms with E-state index in [0.29, 0.717) is 16.5 Å². The smallest absolute Gasteiger partial charge is 0.269 e. The molecule has 1 amide bonds. The molecule has 0 fully saturated rings. The number of nitrogens with zero attached hydrogens (tertiary/aromatic N) is 2. The highest BCUT2D eigenvalue weighted by Crippen LogP contribution is 2.35. The Hall–Kier alpha value is -3.00. The number of aromatic nitrogens is 1. The zero-order valence-electron chi connectivity index (χ0n) is 13.3. The third kappa shape index (κ3) is 3.74. The minimum absolute atomic E-state index is 0.0172. The molecule has 1 aromatic heterocycles. The number of H-pyrrole nitrogens is 1. The van der Waals surface area contributed by atoms with Crippen LogP contribution in [0.5, 0.6) is 5.88 Å². The summed E-state index contributed by atoms with van der Waals surface area (Å²) in [4.78, 5) is 14.9. The molecule has 1 heterocycles. The average Bonchev–Trinajstić information content (AvgIpc) is 2.88. The molecule has 0 atom stereocenters. The normalized spacial score (nSPS) is 12.0. The van der Waals surface area contributed by atoms with Crippen LogP contribution in [0.1, 0.15) is 5.56 Å². The van der Waals surface area contributed by atoms with E-state index in [-0.39, 0.29) is 22.9 Å². The highest BCUT2D eigenvalue weighted by Gasteiger charge is 2.11. The number of nitrogens with one attached hydrogen (secondary N) is 1. The van der Waals surface area contributed by atoms with Crippen molar-refractivity contribution in [2.75, 3.05) is 6.26 Å². The number of amides is 1.